The smallest absolute Gasteiger partial charge is 0.288 e. The highest BCUT2D eigenvalue weighted by Crippen LogP contribution is 2.60. The van der Waals surface area contributed by atoms with Crippen LogP contribution in [-0.4, -0.2) is 23.4 Å². The molecule has 0 unspecified atom stereocenters. The molecule has 0 aliphatic carbocycles. The van der Waals surface area contributed by atoms with Gasteiger partial charge in [0.1, 0.15) is 0 Å². The van der Waals surface area contributed by atoms with Crippen LogP contribution in [0.5, 0.6) is 0 Å². The lowest BCUT2D eigenvalue weighted by molar-refractivity contribution is -0.534. The second-order valence-electron chi connectivity index (χ2n) is 3.08. The van der Waals surface area contributed by atoms with Crippen molar-refractivity contribution in [2.45, 2.75) is 33.0 Å². The minimum Gasteiger partial charge on any atom is -0.325 e. The molecule has 0 aromatic rings. The van der Waals surface area contributed by atoms with Crippen molar-refractivity contribution >= 4 is 18.3 Å². The lowest BCUT2D eigenvalue weighted by Crippen LogP contribution is -2.32. The molecule has 0 spiro atoms. The molecule has 0 saturated carbocycles. The highest BCUT2D eigenvalue weighted by atomic mass is 32.5. The zero-order valence-electron chi connectivity index (χ0n) is 8.85. The molecule has 0 heterocycles. The first-order valence-corrected chi connectivity index (χ1v) is 6.99. The fraction of sp³-hybridized carbons (Fsp3) is 1.00. The Labute approximate surface area is 89.1 Å². The maximum Gasteiger partial charge on any atom is 0.288 e. The van der Waals surface area contributed by atoms with Gasteiger partial charge in [0.15, 0.2) is 0 Å². The summed E-state index contributed by atoms with van der Waals surface area (Å²) >= 11 is 5.14. The van der Waals surface area contributed by atoms with E-state index in [4.69, 9.17) is 20.9 Å². The van der Waals surface area contributed by atoms with Crippen molar-refractivity contribution in [3.05, 3.63) is 10.1 Å². The Morgan fingerprint density at radius 1 is 1.36 bits per heavy atom. The third kappa shape index (κ3) is 2.73. The zero-order valence-corrected chi connectivity index (χ0v) is 10.6. The Bertz CT molecular complexity index is 246. The fourth-order valence-corrected chi connectivity index (χ4v) is 3.21. The molecule has 0 atom stereocenters. The van der Waals surface area contributed by atoms with Crippen LogP contribution in [-0.2, 0) is 20.9 Å². The molecule has 0 fully saturated rings. The van der Waals surface area contributed by atoms with E-state index < -0.39 is 16.7 Å². The molecule has 14 heavy (non-hydrogen) atoms. The van der Waals surface area contributed by atoms with Crippen molar-refractivity contribution in [1.29, 1.82) is 0 Å². The van der Waals surface area contributed by atoms with Crippen LogP contribution in [0.2, 0.25) is 0 Å². The van der Waals surface area contributed by atoms with E-state index in [0.717, 1.165) is 0 Å². The predicted molar refractivity (Wildman–Crippen MR) is 58.6 cm³/mol. The molecule has 0 N–H and O–H groups in total. The molecular weight excluding hydrogens is 225 g/mol. The molecule has 0 amide bonds. The van der Waals surface area contributed by atoms with Crippen molar-refractivity contribution in [2.75, 3.05) is 13.2 Å². The summed E-state index contributed by atoms with van der Waals surface area (Å²) in [5, 5.41) is 9.49. The highest BCUT2D eigenvalue weighted by Gasteiger charge is 2.49. The van der Waals surface area contributed by atoms with Gasteiger partial charge in [-0.3, -0.25) is 10.1 Å². The van der Waals surface area contributed by atoms with Crippen molar-refractivity contribution in [3.63, 3.8) is 0 Å². The topological polar surface area (TPSA) is 61.6 Å². The maximum absolute atomic E-state index is 10.8. The van der Waals surface area contributed by atoms with Gasteiger partial charge in [0.25, 0.3) is 11.8 Å². The molecule has 0 radical (unpaired) electrons. The Morgan fingerprint density at radius 3 is 1.93 bits per heavy atom. The minimum absolute atomic E-state index is 0.328. The lowest BCUT2D eigenvalue weighted by Gasteiger charge is -2.28. The summed E-state index contributed by atoms with van der Waals surface area (Å²) < 4.78 is 10.5. The summed E-state index contributed by atoms with van der Waals surface area (Å²) in [5.41, 5.74) is 0. The summed E-state index contributed by atoms with van der Waals surface area (Å²) in [6.07, 6.45) is 0. The summed E-state index contributed by atoms with van der Waals surface area (Å²) in [4.78, 5) is 10.4. The van der Waals surface area contributed by atoms with E-state index in [1.54, 1.807) is 13.8 Å². The second-order valence-corrected chi connectivity index (χ2v) is 7.13. The molecule has 5 nitrogen and oxygen atoms in total. The van der Waals surface area contributed by atoms with Crippen molar-refractivity contribution in [3.8, 4) is 0 Å². The quantitative estimate of drug-likeness (QED) is 0.406. The molecule has 84 valence electrons. The van der Waals surface area contributed by atoms with Crippen LogP contribution >= 0.6 is 6.49 Å². The van der Waals surface area contributed by atoms with Gasteiger partial charge in [0, 0.05) is 18.8 Å². The van der Waals surface area contributed by atoms with Crippen LogP contribution in [0.15, 0.2) is 0 Å². The Kier molecular flexibility index (Phi) is 5.15. The number of hydrogen-bond donors (Lipinski definition) is 0. The van der Waals surface area contributed by atoms with E-state index in [1.807, 2.05) is 0 Å². The van der Waals surface area contributed by atoms with E-state index in [9.17, 15) is 10.1 Å². The average Bonchev–Trinajstić information content (AvgIpc) is 2.04. The Balaban J connectivity index is 4.99. The van der Waals surface area contributed by atoms with Gasteiger partial charge in [0.05, 0.1) is 13.2 Å². The highest BCUT2D eigenvalue weighted by molar-refractivity contribution is 8.10. The molecule has 0 aliphatic rings. The normalized spacial score (nSPS) is 12.9. The summed E-state index contributed by atoms with van der Waals surface area (Å²) in [5.74, 6) is 0. The minimum atomic E-state index is -2.84. The lowest BCUT2D eigenvalue weighted by atomic mass is 10.4. The van der Waals surface area contributed by atoms with E-state index in [1.165, 1.54) is 13.8 Å². The van der Waals surface area contributed by atoms with Gasteiger partial charge in [-0.15, -0.1) is 0 Å². The third-order valence-electron chi connectivity index (χ3n) is 1.72. The van der Waals surface area contributed by atoms with Gasteiger partial charge in [-0.25, -0.2) is 0 Å². The Hall–Kier alpha value is -0.0300. The zero-order chi connectivity index (χ0) is 11.4. The van der Waals surface area contributed by atoms with Crippen LogP contribution in [0.4, 0.5) is 0 Å². The van der Waals surface area contributed by atoms with Gasteiger partial charge in [0.2, 0.25) is 0 Å². The van der Waals surface area contributed by atoms with Gasteiger partial charge in [-0.2, -0.15) is 0 Å². The molecule has 7 heteroatoms. The van der Waals surface area contributed by atoms with E-state index in [2.05, 4.69) is 0 Å². The molecular formula is C7H16NO4PS. The van der Waals surface area contributed by atoms with Gasteiger partial charge in [-0.1, -0.05) is 0 Å². The van der Waals surface area contributed by atoms with Gasteiger partial charge in [-0.05, 0) is 25.7 Å². The molecule has 0 saturated heterocycles. The van der Waals surface area contributed by atoms with Crippen LogP contribution in [0.25, 0.3) is 0 Å². The number of rotatable bonds is 6. The van der Waals surface area contributed by atoms with Crippen LogP contribution < -0.4 is 0 Å². The van der Waals surface area contributed by atoms with Crippen LogP contribution in [0.1, 0.15) is 27.7 Å². The van der Waals surface area contributed by atoms with E-state index >= 15 is 0 Å². The van der Waals surface area contributed by atoms with Gasteiger partial charge >= 0.3 is 0 Å². The average molecular weight is 241 g/mol. The standard InChI is InChI=1S/C7H16NO4PS/c1-5-11-13(14,12-6-2)7(3,4)8(9)10/h5-6H2,1-4H3. The summed E-state index contributed by atoms with van der Waals surface area (Å²) in [7, 11) is 0. The van der Waals surface area contributed by atoms with Crippen molar-refractivity contribution < 1.29 is 14.0 Å². The van der Waals surface area contributed by atoms with Crippen molar-refractivity contribution in [1.82, 2.24) is 0 Å². The molecule has 0 aromatic heterocycles. The first-order chi connectivity index (χ1) is 6.31. The fourth-order valence-electron chi connectivity index (χ4n) is 0.793. The SMILES string of the molecule is CCOP(=S)(OCC)C(C)(C)[N+](=O)[O-]. The molecule has 0 aromatic carbocycles. The number of nitro groups is 1. The van der Waals surface area contributed by atoms with Crippen LogP contribution in [0, 0.1) is 10.1 Å². The Morgan fingerprint density at radius 2 is 1.71 bits per heavy atom. The monoisotopic (exact) mass is 241 g/mol. The molecule has 0 rings (SSSR count). The van der Waals surface area contributed by atoms with Gasteiger partial charge < -0.3 is 9.05 Å². The first-order valence-electron chi connectivity index (χ1n) is 4.35. The maximum atomic E-state index is 10.8. The third-order valence-corrected chi connectivity index (χ3v) is 6.39. The van der Waals surface area contributed by atoms with Crippen LogP contribution in [0.3, 0.4) is 0 Å². The molecule has 0 aliphatic heterocycles. The first kappa shape index (κ1) is 14.0. The number of nitrogens with zero attached hydrogens (tertiary/aromatic N) is 1. The van der Waals surface area contributed by atoms with E-state index in [0.29, 0.717) is 13.2 Å². The largest absolute Gasteiger partial charge is 0.325 e. The predicted octanol–water partition coefficient (Wildman–Crippen LogP) is 2.38. The second kappa shape index (κ2) is 5.16. The number of hydrogen-bond acceptors (Lipinski definition) is 5. The summed E-state index contributed by atoms with van der Waals surface area (Å²) in [6, 6.07) is 0. The molecule has 0 bridgehead atoms. The summed E-state index contributed by atoms with van der Waals surface area (Å²) in [6.45, 7) is 4.19. The van der Waals surface area contributed by atoms with Crippen molar-refractivity contribution in [2.24, 2.45) is 0 Å². The van der Waals surface area contributed by atoms with E-state index in [-0.39, 0.29) is 0 Å².